The average molecular weight is 255 g/mol. The molecule has 2 rings (SSSR count). The van der Waals surface area contributed by atoms with Crippen molar-refractivity contribution in [3.8, 4) is 0 Å². The van der Waals surface area contributed by atoms with Crippen LogP contribution in [0.15, 0.2) is 18.3 Å². The van der Waals surface area contributed by atoms with Gasteiger partial charge < -0.3 is 9.64 Å². The lowest BCUT2D eigenvalue weighted by Crippen LogP contribution is -2.40. The summed E-state index contributed by atoms with van der Waals surface area (Å²) in [6.45, 7) is 1.42. The van der Waals surface area contributed by atoms with Crippen molar-refractivity contribution in [1.29, 1.82) is 0 Å². The number of ether oxygens (including phenoxy) is 1. The van der Waals surface area contributed by atoms with E-state index in [2.05, 4.69) is 4.98 Å². The van der Waals surface area contributed by atoms with Gasteiger partial charge in [-0.3, -0.25) is 4.79 Å². The van der Waals surface area contributed by atoms with Crippen LogP contribution in [0, 0.1) is 0 Å². The molecular weight excluding hydrogens is 240 g/mol. The van der Waals surface area contributed by atoms with E-state index in [9.17, 15) is 4.79 Å². The Morgan fingerprint density at radius 1 is 1.53 bits per heavy atom. The Morgan fingerprint density at radius 3 is 2.88 bits per heavy atom. The minimum atomic E-state index is -0.0741. The largest absolute Gasteiger partial charge is 0.381 e. The van der Waals surface area contributed by atoms with Crippen molar-refractivity contribution in [2.45, 2.75) is 18.9 Å². The van der Waals surface area contributed by atoms with Crippen LogP contribution in [-0.4, -0.2) is 42.1 Å². The highest BCUT2D eigenvalue weighted by molar-refractivity contribution is 6.32. The van der Waals surface area contributed by atoms with E-state index >= 15 is 0 Å². The second kappa shape index (κ2) is 5.47. The SMILES string of the molecule is CN(C(=O)c1cccnc1Cl)C1CCOCC1. The summed E-state index contributed by atoms with van der Waals surface area (Å²) in [6, 6.07) is 3.65. The highest BCUT2D eigenvalue weighted by atomic mass is 35.5. The molecule has 0 spiro atoms. The maximum atomic E-state index is 12.2. The first-order chi connectivity index (χ1) is 8.20. The molecule has 0 unspecified atom stereocenters. The van der Waals surface area contributed by atoms with Gasteiger partial charge in [0.1, 0.15) is 5.15 Å². The lowest BCUT2D eigenvalue weighted by molar-refractivity contribution is 0.0362. The first-order valence-electron chi connectivity index (χ1n) is 5.65. The summed E-state index contributed by atoms with van der Waals surface area (Å²) >= 11 is 5.92. The Morgan fingerprint density at radius 2 is 2.24 bits per heavy atom. The lowest BCUT2D eigenvalue weighted by Gasteiger charge is -2.31. The molecule has 0 radical (unpaired) electrons. The molecule has 1 fully saturated rings. The Balaban J connectivity index is 2.11. The van der Waals surface area contributed by atoms with Crippen LogP contribution < -0.4 is 0 Å². The van der Waals surface area contributed by atoms with Gasteiger partial charge in [-0.25, -0.2) is 4.98 Å². The van der Waals surface area contributed by atoms with Gasteiger partial charge in [-0.2, -0.15) is 0 Å². The van der Waals surface area contributed by atoms with Gasteiger partial charge in [0, 0.05) is 32.5 Å². The fraction of sp³-hybridized carbons (Fsp3) is 0.500. The summed E-state index contributed by atoms with van der Waals surface area (Å²) in [5.41, 5.74) is 0.461. The molecule has 0 N–H and O–H groups in total. The molecule has 2 heterocycles. The smallest absolute Gasteiger partial charge is 0.256 e. The number of hydrogen-bond acceptors (Lipinski definition) is 3. The summed E-state index contributed by atoms with van der Waals surface area (Å²) in [5, 5.41) is 0.261. The van der Waals surface area contributed by atoms with Crippen LogP contribution in [0.4, 0.5) is 0 Å². The van der Waals surface area contributed by atoms with Crippen LogP contribution in [0.2, 0.25) is 5.15 Å². The van der Waals surface area contributed by atoms with Crippen molar-refractivity contribution in [3.63, 3.8) is 0 Å². The van der Waals surface area contributed by atoms with Crippen LogP contribution >= 0.6 is 11.6 Å². The quantitative estimate of drug-likeness (QED) is 0.758. The standard InChI is InChI=1S/C12H15ClN2O2/c1-15(9-4-7-17-8-5-9)12(16)10-3-2-6-14-11(10)13/h2-3,6,9H,4-5,7-8H2,1H3. The van der Waals surface area contributed by atoms with Crippen LogP contribution in [0.25, 0.3) is 0 Å². The molecule has 1 saturated heterocycles. The lowest BCUT2D eigenvalue weighted by atomic mass is 10.1. The zero-order chi connectivity index (χ0) is 12.3. The molecule has 1 amide bonds. The van der Waals surface area contributed by atoms with E-state index in [0.717, 1.165) is 12.8 Å². The number of carbonyl (C=O) groups is 1. The van der Waals surface area contributed by atoms with Crippen molar-refractivity contribution in [2.24, 2.45) is 0 Å². The molecule has 4 nitrogen and oxygen atoms in total. The molecule has 92 valence electrons. The van der Waals surface area contributed by atoms with Gasteiger partial charge >= 0.3 is 0 Å². The van der Waals surface area contributed by atoms with Crippen LogP contribution in [0.1, 0.15) is 23.2 Å². The second-order valence-electron chi connectivity index (χ2n) is 4.10. The van der Waals surface area contributed by atoms with Crippen LogP contribution in [0.5, 0.6) is 0 Å². The molecule has 0 aliphatic carbocycles. The van der Waals surface area contributed by atoms with Gasteiger partial charge in [0.25, 0.3) is 5.91 Å². The molecule has 17 heavy (non-hydrogen) atoms. The Kier molecular flexibility index (Phi) is 3.97. The summed E-state index contributed by atoms with van der Waals surface area (Å²) < 4.78 is 5.28. The predicted octanol–water partition coefficient (Wildman–Crippen LogP) is 1.99. The zero-order valence-electron chi connectivity index (χ0n) is 9.73. The van der Waals surface area contributed by atoms with Gasteiger partial charge in [0.15, 0.2) is 0 Å². The number of carbonyl (C=O) groups excluding carboxylic acids is 1. The van der Waals surface area contributed by atoms with Crippen molar-refractivity contribution in [1.82, 2.24) is 9.88 Å². The number of amides is 1. The molecular formula is C12H15ClN2O2. The predicted molar refractivity (Wildman–Crippen MR) is 65.2 cm³/mol. The van der Waals surface area contributed by atoms with Gasteiger partial charge in [-0.15, -0.1) is 0 Å². The van der Waals surface area contributed by atoms with E-state index < -0.39 is 0 Å². The van der Waals surface area contributed by atoms with E-state index in [4.69, 9.17) is 16.3 Å². The molecule has 0 atom stereocenters. The number of rotatable bonds is 2. The fourth-order valence-electron chi connectivity index (χ4n) is 1.97. The van der Waals surface area contributed by atoms with Crippen LogP contribution in [0.3, 0.4) is 0 Å². The molecule has 0 saturated carbocycles. The minimum Gasteiger partial charge on any atom is -0.381 e. The first-order valence-corrected chi connectivity index (χ1v) is 6.03. The minimum absolute atomic E-state index is 0.0741. The van der Waals surface area contributed by atoms with E-state index in [1.807, 2.05) is 7.05 Å². The van der Waals surface area contributed by atoms with E-state index in [1.54, 1.807) is 23.2 Å². The summed E-state index contributed by atoms with van der Waals surface area (Å²) in [5.74, 6) is -0.0741. The summed E-state index contributed by atoms with van der Waals surface area (Å²) in [6.07, 6.45) is 3.33. The number of nitrogens with zero attached hydrogens (tertiary/aromatic N) is 2. The first kappa shape index (κ1) is 12.3. The molecule has 0 bridgehead atoms. The van der Waals surface area contributed by atoms with Crippen molar-refractivity contribution >= 4 is 17.5 Å². The monoisotopic (exact) mass is 254 g/mol. The van der Waals surface area contributed by atoms with Gasteiger partial charge in [0.2, 0.25) is 0 Å². The van der Waals surface area contributed by atoms with Gasteiger partial charge in [-0.05, 0) is 25.0 Å². The summed E-state index contributed by atoms with van der Waals surface area (Å²) in [4.78, 5) is 17.9. The Hall–Kier alpha value is -1.13. The molecule has 5 heteroatoms. The number of aromatic nitrogens is 1. The molecule has 1 aromatic heterocycles. The highest BCUT2D eigenvalue weighted by Crippen LogP contribution is 2.18. The summed E-state index contributed by atoms with van der Waals surface area (Å²) in [7, 11) is 1.81. The normalized spacial score (nSPS) is 16.8. The third-order valence-corrected chi connectivity index (χ3v) is 3.35. The molecule has 0 aromatic carbocycles. The maximum absolute atomic E-state index is 12.2. The molecule has 1 aliphatic rings. The third-order valence-electron chi connectivity index (χ3n) is 3.05. The fourth-order valence-corrected chi connectivity index (χ4v) is 2.17. The Labute approximate surface area is 106 Å². The zero-order valence-corrected chi connectivity index (χ0v) is 10.5. The van der Waals surface area contributed by atoms with Crippen molar-refractivity contribution < 1.29 is 9.53 Å². The van der Waals surface area contributed by atoms with Crippen LogP contribution in [-0.2, 0) is 4.74 Å². The highest BCUT2D eigenvalue weighted by Gasteiger charge is 2.24. The average Bonchev–Trinajstić information content (AvgIpc) is 2.39. The van der Waals surface area contributed by atoms with Gasteiger partial charge in [0.05, 0.1) is 5.56 Å². The molecule has 1 aromatic rings. The van der Waals surface area contributed by atoms with Crippen molar-refractivity contribution in [2.75, 3.05) is 20.3 Å². The van der Waals surface area contributed by atoms with E-state index in [1.165, 1.54) is 0 Å². The molecule has 1 aliphatic heterocycles. The second-order valence-corrected chi connectivity index (χ2v) is 4.46. The number of pyridine rings is 1. The number of halogens is 1. The third kappa shape index (κ3) is 2.76. The van der Waals surface area contributed by atoms with E-state index in [-0.39, 0.29) is 17.1 Å². The maximum Gasteiger partial charge on any atom is 0.256 e. The van der Waals surface area contributed by atoms with Crippen molar-refractivity contribution in [3.05, 3.63) is 29.0 Å². The topological polar surface area (TPSA) is 42.4 Å². The van der Waals surface area contributed by atoms with E-state index in [0.29, 0.717) is 18.8 Å². The number of hydrogen-bond donors (Lipinski definition) is 0. The Bertz CT molecular complexity index is 405. The van der Waals surface area contributed by atoms with Gasteiger partial charge in [-0.1, -0.05) is 11.6 Å².